The van der Waals surface area contributed by atoms with Crippen molar-refractivity contribution in [1.82, 2.24) is 24.4 Å². The quantitative estimate of drug-likeness (QED) is 0.910. The molecule has 1 N–H and O–H groups in total. The van der Waals surface area contributed by atoms with Crippen LogP contribution in [0, 0.1) is 6.92 Å². The van der Waals surface area contributed by atoms with Crippen LogP contribution in [0.15, 0.2) is 23.3 Å². The third-order valence-corrected chi connectivity index (χ3v) is 5.09. The van der Waals surface area contributed by atoms with Crippen molar-refractivity contribution in [2.24, 2.45) is 0 Å². The normalized spacial score (nSPS) is 16.9. The van der Waals surface area contributed by atoms with E-state index in [0.717, 1.165) is 24.4 Å². The van der Waals surface area contributed by atoms with E-state index in [0.29, 0.717) is 18.9 Å². The van der Waals surface area contributed by atoms with Gasteiger partial charge in [0.2, 0.25) is 5.91 Å². The number of aryl methyl sites for hydroxylation is 1. The van der Waals surface area contributed by atoms with Crippen molar-refractivity contribution in [2.75, 3.05) is 13.1 Å². The number of H-pyrrole nitrogens is 1. The summed E-state index contributed by atoms with van der Waals surface area (Å²) in [6.07, 6.45) is 5.30. The molecule has 7 nitrogen and oxygen atoms in total. The molecule has 0 unspecified atom stereocenters. The van der Waals surface area contributed by atoms with Gasteiger partial charge < -0.3 is 14.5 Å². The maximum Gasteiger partial charge on any atom is 0.251 e. The number of imidazole rings is 1. The maximum absolute atomic E-state index is 12.9. The lowest BCUT2D eigenvalue weighted by Crippen LogP contribution is -2.41. The third-order valence-electron chi connectivity index (χ3n) is 5.09. The van der Waals surface area contributed by atoms with Crippen LogP contribution >= 0.6 is 0 Å². The average molecular weight is 357 g/mol. The molecule has 0 spiro atoms. The molecule has 7 heteroatoms. The molecule has 1 aliphatic heterocycles. The SMILES string of the molecule is Cc1nc(C2CCN(C(=O)[C@H](C)n3ccnc3C(C)C)CC2)cc(=O)[nH]1. The fraction of sp³-hybridized carbons (Fsp3) is 0.579. The fourth-order valence-electron chi connectivity index (χ4n) is 3.69. The smallest absolute Gasteiger partial charge is 0.251 e. The zero-order valence-corrected chi connectivity index (χ0v) is 15.9. The lowest BCUT2D eigenvalue weighted by atomic mass is 9.93. The summed E-state index contributed by atoms with van der Waals surface area (Å²) >= 11 is 0. The molecule has 0 bridgehead atoms. The van der Waals surface area contributed by atoms with E-state index in [4.69, 9.17) is 0 Å². The van der Waals surface area contributed by atoms with Crippen molar-refractivity contribution in [3.05, 3.63) is 46.2 Å². The summed E-state index contributed by atoms with van der Waals surface area (Å²) in [5.41, 5.74) is 0.726. The van der Waals surface area contributed by atoms with Crippen LogP contribution in [-0.2, 0) is 4.79 Å². The van der Waals surface area contributed by atoms with Gasteiger partial charge in [-0.25, -0.2) is 9.97 Å². The first kappa shape index (κ1) is 18.4. The number of likely N-dealkylation sites (tertiary alicyclic amines) is 1. The van der Waals surface area contributed by atoms with Gasteiger partial charge in [0, 0.05) is 43.4 Å². The van der Waals surface area contributed by atoms with Crippen LogP contribution in [0.3, 0.4) is 0 Å². The van der Waals surface area contributed by atoms with E-state index in [1.807, 2.05) is 22.6 Å². The Labute approximate surface area is 153 Å². The van der Waals surface area contributed by atoms with Gasteiger partial charge >= 0.3 is 0 Å². The Morgan fingerprint density at radius 1 is 1.27 bits per heavy atom. The van der Waals surface area contributed by atoms with Gasteiger partial charge in [-0.3, -0.25) is 9.59 Å². The first-order valence-electron chi connectivity index (χ1n) is 9.26. The second kappa shape index (κ2) is 7.43. The maximum atomic E-state index is 12.9. The molecule has 0 aromatic carbocycles. The van der Waals surface area contributed by atoms with Crippen LogP contribution in [0.25, 0.3) is 0 Å². The van der Waals surface area contributed by atoms with Gasteiger partial charge in [0.05, 0.1) is 5.69 Å². The second-order valence-electron chi connectivity index (χ2n) is 7.38. The predicted octanol–water partition coefficient (Wildman–Crippen LogP) is 2.37. The van der Waals surface area contributed by atoms with Crippen molar-refractivity contribution in [3.8, 4) is 0 Å². The molecule has 0 radical (unpaired) electrons. The van der Waals surface area contributed by atoms with Crippen molar-refractivity contribution in [1.29, 1.82) is 0 Å². The van der Waals surface area contributed by atoms with E-state index in [1.165, 1.54) is 0 Å². The van der Waals surface area contributed by atoms with Gasteiger partial charge in [0.1, 0.15) is 17.7 Å². The van der Waals surface area contributed by atoms with E-state index in [1.54, 1.807) is 19.2 Å². The van der Waals surface area contributed by atoms with Gasteiger partial charge in [0.25, 0.3) is 5.56 Å². The fourth-order valence-corrected chi connectivity index (χ4v) is 3.69. The van der Waals surface area contributed by atoms with Crippen molar-refractivity contribution in [2.45, 2.75) is 58.4 Å². The number of piperidine rings is 1. The molecule has 0 saturated carbocycles. The predicted molar refractivity (Wildman–Crippen MR) is 99.2 cm³/mol. The van der Waals surface area contributed by atoms with Gasteiger partial charge in [0.15, 0.2) is 0 Å². The molecule has 3 heterocycles. The molecule has 26 heavy (non-hydrogen) atoms. The number of nitrogens with zero attached hydrogens (tertiary/aromatic N) is 4. The Kier molecular flexibility index (Phi) is 5.25. The zero-order valence-electron chi connectivity index (χ0n) is 15.9. The standard InChI is InChI=1S/C19H27N5O2/c1-12(2)18-20-7-10-24(18)13(3)19(26)23-8-5-15(6-9-23)16-11-17(25)22-14(4)21-16/h7,10-13,15H,5-6,8-9H2,1-4H3,(H,21,22,25)/t13-/m0/s1. The van der Waals surface area contributed by atoms with Gasteiger partial charge in [-0.2, -0.15) is 0 Å². The number of hydrogen-bond donors (Lipinski definition) is 1. The van der Waals surface area contributed by atoms with E-state index < -0.39 is 0 Å². The molecular weight excluding hydrogens is 330 g/mol. The lowest BCUT2D eigenvalue weighted by Gasteiger charge is -2.34. The number of aromatic amines is 1. The van der Waals surface area contributed by atoms with Crippen LogP contribution in [0.1, 0.15) is 68.8 Å². The molecule has 1 fully saturated rings. The topological polar surface area (TPSA) is 83.9 Å². The first-order chi connectivity index (χ1) is 12.4. The Bertz CT molecular complexity index is 830. The largest absolute Gasteiger partial charge is 0.341 e. The number of rotatable bonds is 4. The summed E-state index contributed by atoms with van der Waals surface area (Å²) in [5, 5.41) is 0. The highest BCUT2D eigenvalue weighted by atomic mass is 16.2. The molecule has 2 aromatic heterocycles. The number of nitrogens with one attached hydrogen (secondary N) is 1. The minimum absolute atomic E-state index is 0.110. The Morgan fingerprint density at radius 2 is 1.96 bits per heavy atom. The minimum atomic E-state index is -0.258. The molecule has 2 aromatic rings. The number of aromatic nitrogens is 4. The molecule has 1 aliphatic rings. The Balaban J connectivity index is 1.66. The van der Waals surface area contributed by atoms with Crippen molar-refractivity contribution < 1.29 is 4.79 Å². The number of hydrogen-bond acceptors (Lipinski definition) is 4. The average Bonchev–Trinajstić information content (AvgIpc) is 3.10. The number of carbonyl (C=O) groups is 1. The van der Waals surface area contributed by atoms with Crippen molar-refractivity contribution >= 4 is 5.91 Å². The van der Waals surface area contributed by atoms with Crippen LogP contribution in [0.5, 0.6) is 0 Å². The molecule has 1 atom stereocenters. The molecular formula is C19H27N5O2. The summed E-state index contributed by atoms with van der Waals surface area (Å²) in [5.74, 6) is 2.20. The second-order valence-corrected chi connectivity index (χ2v) is 7.38. The minimum Gasteiger partial charge on any atom is -0.341 e. The van der Waals surface area contributed by atoms with Crippen LogP contribution in [0.4, 0.5) is 0 Å². The van der Waals surface area contributed by atoms with Crippen LogP contribution < -0.4 is 5.56 Å². The zero-order chi connectivity index (χ0) is 18.8. The first-order valence-corrected chi connectivity index (χ1v) is 9.26. The highest BCUT2D eigenvalue weighted by Crippen LogP contribution is 2.28. The van der Waals surface area contributed by atoms with Gasteiger partial charge in [-0.1, -0.05) is 13.8 Å². The summed E-state index contributed by atoms with van der Waals surface area (Å²) in [6, 6.07) is 1.32. The molecule has 1 saturated heterocycles. The summed E-state index contributed by atoms with van der Waals surface area (Å²) in [4.78, 5) is 38.0. The summed E-state index contributed by atoms with van der Waals surface area (Å²) < 4.78 is 1.97. The lowest BCUT2D eigenvalue weighted by molar-refractivity contribution is -0.135. The summed E-state index contributed by atoms with van der Waals surface area (Å²) in [6.45, 7) is 9.27. The number of amides is 1. The van der Waals surface area contributed by atoms with Crippen LogP contribution in [-0.4, -0.2) is 43.4 Å². The molecule has 140 valence electrons. The molecule has 3 rings (SSSR count). The monoisotopic (exact) mass is 357 g/mol. The third kappa shape index (κ3) is 3.71. The molecule has 0 aliphatic carbocycles. The molecule has 1 amide bonds. The summed E-state index contributed by atoms with van der Waals surface area (Å²) in [7, 11) is 0. The van der Waals surface area contributed by atoms with Crippen LogP contribution in [0.2, 0.25) is 0 Å². The van der Waals surface area contributed by atoms with Crippen molar-refractivity contribution in [3.63, 3.8) is 0 Å². The van der Waals surface area contributed by atoms with E-state index in [-0.39, 0.29) is 29.3 Å². The Morgan fingerprint density at radius 3 is 2.58 bits per heavy atom. The highest BCUT2D eigenvalue weighted by Gasteiger charge is 2.29. The highest BCUT2D eigenvalue weighted by molar-refractivity contribution is 5.80. The number of carbonyl (C=O) groups excluding carboxylic acids is 1. The van der Waals surface area contributed by atoms with E-state index >= 15 is 0 Å². The Hall–Kier alpha value is -2.44. The van der Waals surface area contributed by atoms with Gasteiger partial charge in [-0.15, -0.1) is 0 Å². The van der Waals surface area contributed by atoms with E-state index in [2.05, 4.69) is 28.8 Å². The van der Waals surface area contributed by atoms with Gasteiger partial charge in [-0.05, 0) is 26.7 Å². The van der Waals surface area contributed by atoms with E-state index in [9.17, 15) is 9.59 Å².